The molecule has 6 nitrogen and oxygen atoms in total. The maximum atomic E-state index is 13.3. The number of aromatic nitrogens is 2. The fourth-order valence-electron chi connectivity index (χ4n) is 3.34. The van der Waals surface area contributed by atoms with Gasteiger partial charge in [-0.3, -0.25) is 9.59 Å². The predicted octanol–water partition coefficient (Wildman–Crippen LogP) is 4.33. The number of methoxy groups -OCH3 is 1. The number of hydrogen-bond donors (Lipinski definition) is 0. The van der Waals surface area contributed by atoms with Crippen molar-refractivity contribution >= 4 is 22.8 Å². The fraction of sp³-hybridized carbons (Fsp3) is 0.591. The lowest BCUT2D eigenvalue weighted by Crippen LogP contribution is -2.30. The van der Waals surface area contributed by atoms with E-state index in [4.69, 9.17) is 9.47 Å². The zero-order valence-electron chi connectivity index (χ0n) is 18.3. The van der Waals surface area contributed by atoms with Gasteiger partial charge in [0.05, 0.1) is 30.2 Å². The molecule has 0 aliphatic rings. The largest absolute Gasteiger partial charge is 0.481 e. The third-order valence-electron chi connectivity index (χ3n) is 4.76. The molecule has 2 aromatic rings. The van der Waals surface area contributed by atoms with Crippen LogP contribution >= 0.6 is 0 Å². The molecule has 0 fully saturated rings. The van der Waals surface area contributed by atoms with E-state index >= 15 is 0 Å². The van der Waals surface area contributed by atoms with E-state index in [9.17, 15) is 9.59 Å². The Bertz CT molecular complexity index is 888. The summed E-state index contributed by atoms with van der Waals surface area (Å²) in [6, 6.07) is 3.68. The lowest BCUT2D eigenvalue weighted by atomic mass is 9.83. The molecular formula is C22H32N2O4. The minimum atomic E-state index is -0.765. The van der Waals surface area contributed by atoms with Crippen molar-refractivity contribution in [3.8, 4) is 5.88 Å². The van der Waals surface area contributed by atoms with Crippen molar-refractivity contribution in [2.45, 2.75) is 54.4 Å². The van der Waals surface area contributed by atoms with Crippen LogP contribution in [0.15, 0.2) is 12.1 Å². The van der Waals surface area contributed by atoms with E-state index in [2.05, 4.69) is 4.98 Å². The van der Waals surface area contributed by atoms with Crippen molar-refractivity contribution in [3.63, 3.8) is 0 Å². The lowest BCUT2D eigenvalue weighted by Gasteiger charge is -2.24. The maximum absolute atomic E-state index is 13.3. The van der Waals surface area contributed by atoms with Crippen LogP contribution in [-0.4, -0.2) is 35.0 Å². The average Bonchev–Trinajstić information content (AvgIpc) is 2.84. The van der Waals surface area contributed by atoms with E-state index in [0.29, 0.717) is 36.4 Å². The summed E-state index contributed by atoms with van der Waals surface area (Å²) in [6.07, 6.45) is 0.768. The first-order chi connectivity index (χ1) is 12.9. The zero-order valence-corrected chi connectivity index (χ0v) is 18.3. The van der Waals surface area contributed by atoms with Gasteiger partial charge < -0.3 is 14.0 Å². The van der Waals surface area contributed by atoms with E-state index in [1.54, 1.807) is 20.1 Å². The maximum Gasteiger partial charge on any atom is 0.311 e. The number of hydrogen-bond acceptors (Lipinski definition) is 5. The number of carbonyl (C=O) groups excluding carboxylic acids is 2. The highest BCUT2D eigenvalue weighted by Gasteiger charge is 2.34. The number of esters is 1. The number of fused-ring (bicyclic) bond motifs is 1. The summed E-state index contributed by atoms with van der Waals surface area (Å²) >= 11 is 0. The monoisotopic (exact) mass is 388 g/mol. The van der Waals surface area contributed by atoms with Crippen LogP contribution in [0.25, 0.3) is 11.0 Å². The highest BCUT2D eigenvalue weighted by molar-refractivity contribution is 6.08. The van der Waals surface area contributed by atoms with Crippen molar-refractivity contribution in [3.05, 3.63) is 23.4 Å². The molecular weight excluding hydrogens is 356 g/mol. The summed E-state index contributed by atoms with van der Waals surface area (Å²) in [7, 11) is 3.46. The van der Waals surface area contributed by atoms with Crippen molar-refractivity contribution < 1.29 is 19.1 Å². The van der Waals surface area contributed by atoms with Gasteiger partial charge in [0.25, 0.3) is 0 Å². The Balaban J connectivity index is 2.66. The summed E-state index contributed by atoms with van der Waals surface area (Å²) < 4.78 is 12.5. The number of ether oxygens (including phenoxy) is 2. The van der Waals surface area contributed by atoms with Gasteiger partial charge in [0.2, 0.25) is 5.88 Å². The van der Waals surface area contributed by atoms with Crippen LogP contribution in [-0.2, 0) is 23.0 Å². The molecule has 0 spiro atoms. The molecule has 0 saturated heterocycles. The molecule has 0 radical (unpaired) electrons. The molecule has 0 aliphatic heterocycles. The Morgan fingerprint density at radius 2 is 1.79 bits per heavy atom. The molecule has 0 saturated carbocycles. The van der Waals surface area contributed by atoms with Gasteiger partial charge in [0.15, 0.2) is 5.78 Å². The summed E-state index contributed by atoms with van der Waals surface area (Å²) in [6.45, 7) is 11.9. The Hall–Kier alpha value is -2.37. The van der Waals surface area contributed by atoms with Crippen LogP contribution in [0.4, 0.5) is 0 Å². The molecule has 0 N–H and O–H groups in total. The smallest absolute Gasteiger partial charge is 0.311 e. The van der Waals surface area contributed by atoms with Gasteiger partial charge in [-0.05, 0) is 32.3 Å². The van der Waals surface area contributed by atoms with Crippen molar-refractivity contribution in [1.82, 2.24) is 9.55 Å². The zero-order chi connectivity index (χ0) is 21.3. The van der Waals surface area contributed by atoms with Gasteiger partial charge in [0, 0.05) is 31.6 Å². The van der Waals surface area contributed by atoms with Crippen LogP contribution in [0.3, 0.4) is 0 Å². The second-order valence-electron chi connectivity index (χ2n) is 9.04. The third kappa shape index (κ3) is 4.54. The van der Waals surface area contributed by atoms with Crippen molar-refractivity contribution in [2.75, 3.05) is 13.7 Å². The van der Waals surface area contributed by atoms with E-state index in [-0.39, 0.29) is 17.2 Å². The molecule has 2 heterocycles. The van der Waals surface area contributed by atoms with Gasteiger partial charge in [-0.2, -0.15) is 0 Å². The Kier molecular flexibility index (Phi) is 6.21. The van der Waals surface area contributed by atoms with Crippen molar-refractivity contribution in [2.24, 2.45) is 17.9 Å². The second-order valence-corrected chi connectivity index (χ2v) is 9.04. The topological polar surface area (TPSA) is 70.4 Å². The second kappa shape index (κ2) is 7.94. The number of Topliss-reactive ketones (excluding diaryl/α,β-unsaturated/α-hetero) is 1. The van der Waals surface area contributed by atoms with Crippen molar-refractivity contribution in [1.29, 1.82) is 0 Å². The molecule has 0 bridgehead atoms. The number of carbonyl (C=O) groups is 2. The highest BCUT2D eigenvalue weighted by atomic mass is 16.5. The number of ketones is 1. The third-order valence-corrected chi connectivity index (χ3v) is 4.76. The number of pyridine rings is 1. The van der Waals surface area contributed by atoms with Gasteiger partial charge in [0.1, 0.15) is 5.52 Å². The van der Waals surface area contributed by atoms with E-state index < -0.39 is 5.41 Å². The Labute approximate surface area is 167 Å². The van der Waals surface area contributed by atoms with E-state index in [1.807, 2.05) is 52.3 Å². The quantitative estimate of drug-likeness (QED) is 0.521. The summed E-state index contributed by atoms with van der Waals surface area (Å²) in [4.78, 5) is 30.3. The number of rotatable bonds is 7. The minimum absolute atomic E-state index is 0.0218. The number of aryl methyl sites for hydroxylation is 1. The fourth-order valence-corrected chi connectivity index (χ4v) is 3.34. The predicted molar refractivity (Wildman–Crippen MR) is 110 cm³/mol. The molecule has 0 unspecified atom stereocenters. The minimum Gasteiger partial charge on any atom is -0.481 e. The summed E-state index contributed by atoms with van der Waals surface area (Å²) in [5.41, 5.74) is 1.90. The SMILES string of the molecule is CCOC(=O)C(C)(C)Cc1c(C(=O)CC(C)(C)C)c2nc(OC)ccc2n1C. The van der Waals surface area contributed by atoms with E-state index in [0.717, 1.165) is 11.2 Å². The molecule has 28 heavy (non-hydrogen) atoms. The van der Waals surface area contributed by atoms with Crippen LogP contribution < -0.4 is 4.74 Å². The molecule has 2 aromatic heterocycles. The Morgan fingerprint density at radius 3 is 2.32 bits per heavy atom. The van der Waals surface area contributed by atoms with Gasteiger partial charge in [-0.15, -0.1) is 0 Å². The Morgan fingerprint density at radius 1 is 1.14 bits per heavy atom. The lowest BCUT2D eigenvalue weighted by molar-refractivity contribution is -0.153. The molecule has 154 valence electrons. The normalized spacial score (nSPS) is 12.3. The van der Waals surface area contributed by atoms with Crippen LogP contribution in [0.5, 0.6) is 5.88 Å². The molecule has 2 rings (SSSR count). The number of nitrogens with zero attached hydrogens (tertiary/aromatic N) is 2. The first-order valence-electron chi connectivity index (χ1n) is 9.64. The van der Waals surface area contributed by atoms with Gasteiger partial charge >= 0.3 is 5.97 Å². The summed E-state index contributed by atoms with van der Waals surface area (Å²) in [5.74, 6) is 0.202. The average molecular weight is 389 g/mol. The van der Waals surface area contributed by atoms with E-state index in [1.165, 1.54) is 0 Å². The first-order valence-corrected chi connectivity index (χ1v) is 9.64. The molecule has 0 aliphatic carbocycles. The molecule has 6 heteroatoms. The molecule has 0 amide bonds. The standard InChI is InChI=1S/C22H32N2O4/c1-9-28-20(26)22(5,6)12-15-18(16(25)13-21(2,3)4)19-14(24(15)7)10-11-17(23-19)27-8/h10-11H,9,12-13H2,1-8H3. The molecule has 0 atom stereocenters. The van der Waals surface area contributed by atoms with Gasteiger partial charge in [-0.1, -0.05) is 20.8 Å². The van der Waals surface area contributed by atoms with Crippen LogP contribution in [0, 0.1) is 10.8 Å². The first kappa shape index (κ1) is 21.9. The molecule has 0 aromatic carbocycles. The van der Waals surface area contributed by atoms with Crippen LogP contribution in [0.1, 0.15) is 64.0 Å². The van der Waals surface area contributed by atoms with Gasteiger partial charge in [-0.25, -0.2) is 4.98 Å². The summed E-state index contributed by atoms with van der Waals surface area (Å²) in [5, 5.41) is 0. The highest BCUT2D eigenvalue weighted by Crippen LogP contribution is 2.34. The van der Waals surface area contributed by atoms with Crippen LogP contribution in [0.2, 0.25) is 0 Å².